The second kappa shape index (κ2) is 9.03. The van der Waals surface area contributed by atoms with Gasteiger partial charge in [0.25, 0.3) is 0 Å². The fourth-order valence-electron chi connectivity index (χ4n) is 2.48. The van der Waals surface area contributed by atoms with E-state index in [2.05, 4.69) is 17.4 Å². The predicted molar refractivity (Wildman–Crippen MR) is 85.9 cm³/mol. The molecule has 21 heavy (non-hydrogen) atoms. The fraction of sp³-hybridized carbons (Fsp3) is 0.647. The second-order valence-electron chi connectivity index (χ2n) is 5.77. The lowest BCUT2D eigenvalue weighted by Gasteiger charge is -2.31. The molecule has 1 aromatic carbocycles. The number of ether oxygens (including phenoxy) is 2. The topological polar surface area (TPSA) is 50.7 Å². The van der Waals surface area contributed by atoms with Crippen LogP contribution in [0.1, 0.15) is 32.8 Å². The summed E-state index contributed by atoms with van der Waals surface area (Å²) < 4.78 is 11.0. The van der Waals surface area contributed by atoms with Crippen molar-refractivity contribution in [1.82, 2.24) is 5.32 Å². The molecular formula is C17H29NO3. The first-order chi connectivity index (χ1) is 10.0. The van der Waals surface area contributed by atoms with Crippen molar-refractivity contribution in [3.8, 4) is 5.75 Å². The Morgan fingerprint density at radius 1 is 1.29 bits per heavy atom. The van der Waals surface area contributed by atoms with Crippen LogP contribution >= 0.6 is 0 Å². The maximum absolute atomic E-state index is 9.52. The minimum atomic E-state index is -0.299. The van der Waals surface area contributed by atoms with Crippen molar-refractivity contribution in [2.45, 2.75) is 45.3 Å². The smallest absolute Gasteiger partial charge is 0.119 e. The van der Waals surface area contributed by atoms with Gasteiger partial charge in [-0.05, 0) is 44.5 Å². The third-order valence-electron chi connectivity index (χ3n) is 3.55. The maximum atomic E-state index is 9.52. The lowest BCUT2D eigenvalue weighted by molar-refractivity contribution is 0.111. The third-order valence-corrected chi connectivity index (χ3v) is 3.55. The van der Waals surface area contributed by atoms with Crippen LogP contribution in [0.15, 0.2) is 24.3 Å². The fourth-order valence-corrected chi connectivity index (χ4v) is 2.48. The van der Waals surface area contributed by atoms with E-state index in [9.17, 15) is 5.11 Å². The molecule has 0 aliphatic rings. The van der Waals surface area contributed by atoms with Gasteiger partial charge in [0.1, 0.15) is 5.75 Å². The molecule has 0 amide bonds. The standard InChI is InChI=1S/C17H29NO3/c1-5-18-17(3,13-19)12-14(2)21-16-8-6-15(7-9-16)10-11-20-4/h6-9,14,18-19H,5,10-13H2,1-4H3. The average molecular weight is 295 g/mol. The summed E-state index contributed by atoms with van der Waals surface area (Å²) in [5.74, 6) is 0.862. The Kier molecular flexibility index (Phi) is 7.72. The van der Waals surface area contributed by atoms with Crippen LogP contribution in [-0.4, -0.2) is 43.6 Å². The molecule has 1 aromatic rings. The summed E-state index contributed by atoms with van der Waals surface area (Å²) in [6.07, 6.45) is 1.70. The monoisotopic (exact) mass is 295 g/mol. The van der Waals surface area contributed by atoms with Crippen LogP contribution < -0.4 is 10.1 Å². The van der Waals surface area contributed by atoms with Gasteiger partial charge in [-0.25, -0.2) is 0 Å². The van der Waals surface area contributed by atoms with Gasteiger partial charge in [0.2, 0.25) is 0 Å². The zero-order valence-electron chi connectivity index (χ0n) is 13.7. The van der Waals surface area contributed by atoms with E-state index in [1.54, 1.807) is 7.11 Å². The number of hydrogen-bond donors (Lipinski definition) is 2. The predicted octanol–water partition coefficient (Wildman–Crippen LogP) is 2.39. The summed E-state index contributed by atoms with van der Waals surface area (Å²) in [6.45, 7) is 7.75. The van der Waals surface area contributed by atoms with Crippen LogP contribution in [0.3, 0.4) is 0 Å². The average Bonchev–Trinajstić information content (AvgIpc) is 2.46. The van der Waals surface area contributed by atoms with E-state index in [-0.39, 0.29) is 18.2 Å². The lowest BCUT2D eigenvalue weighted by Crippen LogP contribution is -2.48. The molecule has 0 heterocycles. The molecule has 0 aliphatic carbocycles. The van der Waals surface area contributed by atoms with E-state index in [0.717, 1.165) is 31.7 Å². The second-order valence-corrected chi connectivity index (χ2v) is 5.77. The van der Waals surface area contributed by atoms with Gasteiger partial charge in [0, 0.05) is 19.1 Å². The van der Waals surface area contributed by atoms with Gasteiger partial charge in [-0.15, -0.1) is 0 Å². The van der Waals surface area contributed by atoms with Crippen LogP contribution in [0.25, 0.3) is 0 Å². The summed E-state index contributed by atoms with van der Waals surface area (Å²) in [5, 5.41) is 12.8. The summed E-state index contributed by atoms with van der Waals surface area (Å²) in [4.78, 5) is 0. The third kappa shape index (κ3) is 6.46. The molecule has 0 aromatic heterocycles. The molecule has 4 heteroatoms. The molecule has 0 aliphatic heterocycles. The van der Waals surface area contributed by atoms with Crippen molar-refractivity contribution in [3.63, 3.8) is 0 Å². The summed E-state index contributed by atoms with van der Waals surface area (Å²) in [6, 6.07) is 8.11. The van der Waals surface area contributed by atoms with E-state index in [4.69, 9.17) is 9.47 Å². The molecule has 2 atom stereocenters. The molecule has 0 radical (unpaired) electrons. The minimum Gasteiger partial charge on any atom is -0.491 e. The normalized spacial score (nSPS) is 15.5. The number of aliphatic hydroxyl groups is 1. The van der Waals surface area contributed by atoms with Gasteiger partial charge in [0.15, 0.2) is 0 Å². The van der Waals surface area contributed by atoms with Crippen molar-refractivity contribution in [3.05, 3.63) is 29.8 Å². The largest absolute Gasteiger partial charge is 0.491 e. The highest BCUT2D eigenvalue weighted by Gasteiger charge is 2.25. The van der Waals surface area contributed by atoms with Gasteiger partial charge >= 0.3 is 0 Å². The van der Waals surface area contributed by atoms with Crippen molar-refractivity contribution in [2.75, 3.05) is 26.9 Å². The van der Waals surface area contributed by atoms with Crippen molar-refractivity contribution < 1.29 is 14.6 Å². The number of benzene rings is 1. The highest BCUT2D eigenvalue weighted by Crippen LogP contribution is 2.19. The quantitative estimate of drug-likeness (QED) is 0.696. The van der Waals surface area contributed by atoms with Crippen molar-refractivity contribution in [2.24, 2.45) is 0 Å². The molecule has 0 saturated heterocycles. The number of likely N-dealkylation sites (N-methyl/N-ethyl adjacent to an activating group) is 1. The zero-order chi connectivity index (χ0) is 15.7. The van der Waals surface area contributed by atoms with Gasteiger partial charge in [-0.1, -0.05) is 19.1 Å². The highest BCUT2D eigenvalue weighted by molar-refractivity contribution is 5.27. The Bertz CT molecular complexity index is 394. The molecule has 1 rings (SSSR count). The maximum Gasteiger partial charge on any atom is 0.119 e. The molecule has 0 bridgehead atoms. The number of aliphatic hydroxyl groups excluding tert-OH is 1. The van der Waals surface area contributed by atoms with E-state index in [1.807, 2.05) is 32.9 Å². The number of rotatable bonds is 10. The van der Waals surface area contributed by atoms with E-state index >= 15 is 0 Å². The first-order valence-corrected chi connectivity index (χ1v) is 7.63. The molecular weight excluding hydrogens is 266 g/mol. The van der Waals surface area contributed by atoms with Crippen molar-refractivity contribution >= 4 is 0 Å². The molecule has 120 valence electrons. The zero-order valence-corrected chi connectivity index (χ0v) is 13.7. The van der Waals surface area contributed by atoms with Crippen molar-refractivity contribution in [1.29, 1.82) is 0 Å². The number of nitrogens with one attached hydrogen (secondary N) is 1. The van der Waals surface area contributed by atoms with Crippen LogP contribution in [0, 0.1) is 0 Å². The molecule has 2 unspecified atom stereocenters. The van der Waals surface area contributed by atoms with Crippen LogP contribution in [0.5, 0.6) is 5.75 Å². The Labute approximate surface area is 128 Å². The first-order valence-electron chi connectivity index (χ1n) is 7.63. The Hall–Kier alpha value is -1.10. The number of hydrogen-bond acceptors (Lipinski definition) is 4. The Morgan fingerprint density at radius 3 is 2.48 bits per heavy atom. The molecule has 2 N–H and O–H groups in total. The van der Waals surface area contributed by atoms with E-state index in [0.29, 0.717) is 0 Å². The van der Waals surface area contributed by atoms with Crippen LogP contribution in [0.4, 0.5) is 0 Å². The summed E-state index contributed by atoms with van der Waals surface area (Å²) in [7, 11) is 1.71. The van der Waals surface area contributed by atoms with E-state index in [1.165, 1.54) is 5.56 Å². The molecule has 0 fully saturated rings. The Morgan fingerprint density at radius 2 is 1.95 bits per heavy atom. The first kappa shape index (κ1) is 18.0. The minimum absolute atomic E-state index is 0.0334. The summed E-state index contributed by atoms with van der Waals surface area (Å²) >= 11 is 0. The van der Waals surface area contributed by atoms with Gasteiger partial charge in [-0.3, -0.25) is 0 Å². The lowest BCUT2D eigenvalue weighted by atomic mass is 9.95. The molecule has 0 spiro atoms. The highest BCUT2D eigenvalue weighted by atomic mass is 16.5. The van der Waals surface area contributed by atoms with Crippen LogP contribution in [0.2, 0.25) is 0 Å². The number of methoxy groups -OCH3 is 1. The van der Waals surface area contributed by atoms with Gasteiger partial charge in [-0.2, -0.15) is 0 Å². The van der Waals surface area contributed by atoms with Crippen LogP contribution in [-0.2, 0) is 11.2 Å². The van der Waals surface area contributed by atoms with Gasteiger partial charge in [0.05, 0.1) is 19.3 Å². The van der Waals surface area contributed by atoms with Gasteiger partial charge < -0.3 is 19.9 Å². The van der Waals surface area contributed by atoms with E-state index < -0.39 is 0 Å². The Balaban J connectivity index is 2.52. The SMILES string of the molecule is CCNC(C)(CO)CC(C)Oc1ccc(CCOC)cc1. The molecule has 4 nitrogen and oxygen atoms in total. The summed E-state index contributed by atoms with van der Waals surface area (Å²) in [5.41, 5.74) is 0.941. The molecule has 0 saturated carbocycles.